The van der Waals surface area contributed by atoms with E-state index in [0.29, 0.717) is 28.1 Å². The molecule has 0 aromatic carbocycles. The first-order chi connectivity index (χ1) is 8.05. The van der Waals surface area contributed by atoms with Gasteiger partial charge in [0.15, 0.2) is 0 Å². The van der Waals surface area contributed by atoms with E-state index in [1.165, 1.54) is 12.8 Å². The number of fused-ring (bicyclic) bond motifs is 4. The van der Waals surface area contributed by atoms with Gasteiger partial charge in [-0.2, -0.15) is 0 Å². The number of allylic oxidation sites excluding steroid dienone is 1. The molecule has 1 aliphatic heterocycles. The topological polar surface area (TPSA) is 17.1 Å². The van der Waals surface area contributed by atoms with Crippen molar-refractivity contribution in [2.75, 3.05) is 0 Å². The van der Waals surface area contributed by atoms with Gasteiger partial charge < -0.3 is 0 Å². The van der Waals surface area contributed by atoms with E-state index in [0.717, 1.165) is 12.8 Å². The molecule has 4 bridgehead atoms. The summed E-state index contributed by atoms with van der Waals surface area (Å²) in [4.78, 5) is 12.6. The van der Waals surface area contributed by atoms with Gasteiger partial charge in [0.1, 0.15) is 5.78 Å². The normalized spacial score (nSPS) is 53.9. The fraction of sp³-hybridized carbons (Fsp3) is 0.800. The monoisotopic (exact) mass is 248 g/mol. The lowest BCUT2D eigenvalue weighted by molar-refractivity contribution is -0.129. The number of carbonyl (C=O) groups is 1. The molecule has 17 heavy (non-hydrogen) atoms. The second kappa shape index (κ2) is 3.01. The van der Waals surface area contributed by atoms with Crippen LogP contribution in [0.15, 0.2) is 12.2 Å². The molecule has 4 rings (SSSR count). The Morgan fingerprint density at radius 3 is 2.65 bits per heavy atom. The van der Waals surface area contributed by atoms with Gasteiger partial charge in [-0.3, -0.25) is 4.79 Å². The molecule has 0 amide bonds. The van der Waals surface area contributed by atoms with E-state index in [1.54, 1.807) is 0 Å². The van der Waals surface area contributed by atoms with Crippen LogP contribution < -0.4 is 0 Å². The summed E-state index contributed by atoms with van der Waals surface area (Å²) in [5, 5.41) is 1.30. The van der Waals surface area contributed by atoms with Crippen LogP contribution in [0.2, 0.25) is 0 Å². The summed E-state index contributed by atoms with van der Waals surface area (Å²) in [7, 11) is 0. The molecule has 2 heteroatoms. The minimum Gasteiger partial charge on any atom is -0.299 e. The summed E-state index contributed by atoms with van der Waals surface area (Å²) in [6, 6.07) is 0. The summed E-state index contributed by atoms with van der Waals surface area (Å²) >= 11 is 2.11. The van der Waals surface area contributed by atoms with Gasteiger partial charge in [-0.1, -0.05) is 26.0 Å². The Hall–Kier alpha value is -0.240. The fourth-order valence-corrected chi connectivity index (χ4v) is 7.25. The smallest absolute Gasteiger partial charge is 0.141 e. The van der Waals surface area contributed by atoms with Crippen LogP contribution in [-0.4, -0.2) is 16.3 Å². The zero-order chi connectivity index (χ0) is 11.8. The SMILES string of the molecule is CC1(C)C2CCC1([C@H]1SC3C=CC1C3)C(=O)C2. The van der Waals surface area contributed by atoms with Gasteiger partial charge in [0.2, 0.25) is 0 Å². The first-order valence-corrected chi connectivity index (χ1v) is 7.87. The molecule has 4 aliphatic rings. The van der Waals surface area contributed by atoms with Gasteiger partial charge in [-0.15, -0.1) is 11.8 Å². The van der Waals surface area contributed by atoms with Gasteiger partial charge in [0.05, 0.1) is 0 Å². The highest BCUT2D eigenvalue weighted by atomic mass is 32.2. The van der Waals surface area contributed by atoms with Crippen LogP contribution in [0.25, 0.3) is 0 Å². The lowest BCUT2D eigenvalue weighted by Gasteiger charge is -2.43. The van der Waals surface area contributed by atoms with Gasteiger partial charge in [0, 0.05) is 22.3 Å². The second-order valence-corrected chi connectivity index (χ2v) is 8.32. The van der Waals surface area contributed by atoms with Crippen molar-refractivity contribution in [2.45, 2.75) is 50.0 Å². The lowest BCUT2D eigenvalue weighted by Crippen LogP contribution is -2.46. The number of hydrogen-bond acceptors (Lipinski definition) is 2. The predicted octanol–water partition coefficient (Wildman–Crippen LogP) is 3.44. The Morgan fingerprint density at radius 1 is 1.35 bits per heavy atom. The van der Waals surface area contributed by atoms with Crippen molar-refractivity contribution in [2.24, 2.45) is 22.7 Å². The van der Waals surface area contributed by atoms with Gasteiger partial charge >= 0.3 is 0 Å². The highest BCUT2D eigenvalue weighted by Gasteiger charge is 2.69. The Balaban J connectivity index is 1.81. The third-order valence-corrected chi connectivity index (χ3v) is 8.00. The van der Waals surface area contributed by atoms with Crippen LogP contribution in [0, 0.1) is 22.7 Å². The average Bonchev–Trinajstić information content (AvgIpc) is 2.98. The summed E-state index contributed by atoms with van der Waals surface area (Å²) in [5.41, 5.74) is 0.270. The molecule has 4 unspecified atom stereocenters. The molecule has 0 aromatic rings. The van der Waals surface area contributed by atoms with Crippen molar-refractivity contribution in [3.8, 4) is 0 Å². The predicted molar refractivity (Wildman–Crippen MR) is 71.0 cm³/mol. The number of Topliss-reactive ketones (excluding diaryl/α,β-unsaturated/α-hetero) is 1. The van der Waals surface area contributed by atoms with E-state index in [-0.39, 0.29) is 10.8 Å². The number of thioether (sulfide) groups is 1. The molecule has 2 saturated carbocycles. The Labute approximate surface area is 107 Å². The zero-order valence-corrected chi connectivity index (χ0v) is 11.4. The average molecular weight is 248 g/mol. The van der Waals surface area contributed by atoms with Crippen molar-refractivity contribution in [3.63, 3.8) is 0 Å². The molecule has 1 heterocycles. The van der Waals surface area contributed by atoms with Crippen LogP contribution in [0.5, 0.6) is 0 Å². The Morgan fingerprint density at radius 2 is 2.18 bits per heavy atom. The molecular weight excluding hydrogens is 228 g/mol. The molecule has 3 fully saturated rings. The van der Waals surface area contributed by atoms with Crippen LogP contribution >= 0.6 is 11.8 Å². The molecule has 1 saturated heterocycles. The maximum atomic E-state index is 12.6. The molecule has 0 N–H and O–H groups in total. The molecular formula is C15H20OS. The highest BCUT2D eigenvalue weighted by Crippen LogP contribution is 2.70. The zero-order valence-electron chi connectivity index (χ0n) is 10.6. The van der Waals surface area contributed by atoms with Crippen molar-refractivity contribution in [1.29, 1.82) is 0 Å². The van der Waals surface area contributed by atoms with Crippen molar-refractivity contribution >= 4 is 17.5 Å². The first-order valence-electron chi connectivity index (χ1n) is 6.93. The Bertz CT molecular complexity index is 425. The minimum absolute atomic E-state index is 0.0203. The van der Waals surface area contributed by atoms with E-state index in [4.69, 9.17) is 0 Å². The van der Waals surface area contributed by atoms with E-state index in [9.17, 15) is 4.79 Å². The van der Waals surface area contributed by atoms with Gasteiger partial charge in [-0.05, 0) is 36.5 Å². The maximum absolute atomic E-state index is 12.6. The summed E-state index contributed by atoms with van der Waals surface area (Å²) in [6.07, 6.45) is 9.38. The van der Waals surface area contributed by atoms with Crippen LogP contribution in [0.4, 0.5) is 0 Å². The Kier molecular flexibility index (Phi) is 1.89. The fourth-order valence-electron chi connectivity index (χ4n) is 5.17. The van der Waals surface area contributed by atoms with Crippen LogP contribution in [-0.2, 0) is 4.79 Å². The van der Waals surface area contributed by atoms with Crippen molar-refractivity contribution in [3.05, 3.63) is 12.2 Å². The quantitative estimate of drug-likeness (QED) is 0.661. The molecule has 1 nitrogen and oxygen atoms in total. The summed E-state index contributed by atoms with van der Waals surface area (Å²) in [5.74, 6) is 1.95. The summed E-state index contributed by atoms with van der Waals surface area (Å²) < 4.78 is 0. The molecule has 3 aliphatic carbocycles. The second-order valence-electron chi connectivity index (χ2n) is 6.94. The number of rotatable bonds is 1. The minimum atomic E-state index is 0.0203. The van der Waals surface area contributed by atoms with Crippen molar-refractivity contribution < 1.29 is 4.79 Å². The summed E-state index contributed by atoms with van der Waals surface area (Å²) in [6.45, 7) is 4.73. The van der Waals surface area contributed by atoms with E-state index in [1.807, 2.05) is 0 Å². The molecule has 0 radical (unpaired) electrons. The third-order valence-electron chi connectivity index (χ3n) is 6.26. The highest BCUT2D eigenvalue weighted by molar-refractivity contribution is 8.01. The molecule has 0 aromatic heterocycles. The largest absolute Gasteiger partial charge is 0.299 e. The number of hydrogen-bond donors (Lipinski definition) is 0. The van der Waals surface area contributed by atoms with E-state index in [2.05, 4.69) is 37.8 Å². The molecule has 5 atom stereocenters. The maximum Gasteiger partial charge on any atom is 0.141 e. The molecule has 92 valence electrons. The number of ketones is 1. The number of carbonyl (C=O) groups excluding carboxylic acids is 1. The third kappa shape index (κ3) is 1.03. The van der Waals surface area contributed by atoms with Gasteiger partial charge in [-0.25, -0.2) is 0 Å². The van der Waals surface area contributed by atoms with Crippen LogP contribution in [0.3, 0.4) is 0 Å². The lowest BCUT2D eigenvalue weighted by atomic mass is 9.64. The van der Waals surface area contributed by atoms with E-state index < -0.39 is 0 Å². The first kappa shape index (κ1) is 10.7. The van der Waals surface area contributed by atoms with Gasteiger partial charge in [0.25, 0.3) is 0 Å². The molecule has 0 spiro atoms. The van der Waals surface area contributed by atoms with Crippen LogP contribution in [0.1, 0.15) is 39.5 Å². The standard InChI is InChI=1S/C15H20OS/c1-14(2)10-5-6-15(14,12(16)8-10)13-9-3-4-11(7-9)17-13/h3-4,9-11,13H,5-8H2,1-2H3/t9?,10?,11?,13-,15?/m0/s1. The van der Waals surface area contributed by atoms with Crippen molar-refractivity contribution in [1.82, 2.24) is 0 Å². The van der Waals surface area contributed by atoms with E-state index >= 15 is 0 Å².